The molecule has 7 heteroatoms. The highest BCUT2D eigenvalue weighted by Crippen LogP contribution is 2.39. The molecule has 44 heavy (non-hydrogen) atoms. The maximum absolute atomic E-state index is 6.85. The Morgan fingerprint density at radius 1 is 0.545 bits per heavy atom. The quantitative estimate of drug-likeness (QED) is 0.130. The van der Waals surface area contributed by atoms with E-state index >= 15 is 0 Å². The zero-order valence-corrected chi connectivity index (χ0v) is 25.3. The molecule has 0 radical (unpaired) electrons. The Hall–Kier alpha value is -3.69. The van der Waals surface area contributed by atoms with Gasteiger partial charge in [-0.25, -0.2) is 4.98 Å². The number of nitrogens with zero attached hydrogens (tertiary/aromatic N) is 1. The average molecular weight is 608 g/mol. The third-order valence-corrected chi connectivity index (χ3v) is 8.42. The van der Waals surface area contributed by atoms with Crippen molar-refractivity contribution in [3.63, 3.8) is 0 Å². The molecule has 0 amide bonds. The third-order valence-electron chi connectivity index (χ3n) is 7.58. The highest BCUT2D eigenvalue weighted by Gasteiger charge is 2.49. The van der Waals surface area contributed by atoms with Crippen LogP contribution >= 0.6 is 11.3 Å². The van der Waals surface area contributed by atoms with Crippen LogP contribution in [0, 0.1) is 0 Å². The van der Waals surface area contributed by atoms with Gasteiger partial charge in [-0.2, -0.15) is 0 Å². The lowest BCUT2D eigenvalue weighted by molar-refractivity contribution is -0.275. The van der Waals surface area contributed by atoms with Crippen LogP contribution < -0.4 is 0 Å². The first-order valence-corrected chi connectivity index (χ1v) is 15.8. The topological polar surface area (TPSA) is 59.0 Å². The second-order valence-electron chi connectivity index (χ2n) is 10.7. The van der Waals surface area contributed by atoms with E-state index in [0.717, 1.165) is 27.3 Å². The highest BCUT2D eigenvalue weighted by molar-refractivity contribution is 7.09. The zero-order chi connectivity index (χ0) is 29.8. The van der Waals surface area contributed by atoms with E-state index < -0.39 is 30.5 Å². The molecule has 0 saturated carbocycles. The molecule has 2 heterocycles. The number of rotatable bonds is 14. The fourth-order valence-electron chi connectivity index (χ4n) is 5.36. The van der Waals surface area contributed by atoms with Crippen LogP contribution in [-0.2, 0) is 50.1 Å². The summed E-state index contributed by atoms with van der Waals surface area (Å²) < 4.78 is 33.3. The standard InChI is InChI=1S/C37H37NO5S/c1-5-13-28(14-6-1)23-39-27-32-33(40-24-29-15-7-2-8-16-29)34(41-25-30-17-9-3-10-18-30)35(36(43-32)37-38-21-22-44-37)42-26-31-19-11-4-12-20-31/h1-22,32-36H,23-27H2/t32-,33+,34+,35-,36-/m1/s1. The predicted octanol–water partition coefficient (Wildman–Crippen LogP) is 7.56. The normalized spacial score (nSPS) is 21.7. The summed E-state index contributed by atoms with van der Waals surface area (Å²) in [4.78, 5) is 4.66. The first kappa shape index (κ1) is 30.3. The highest BCUT2D eigenvalue weighted by atomic mass is 32.1. The maximum Gasteiger partial charge on any atom is 0.138 e. The van der Waals surface area contributed by atoms with Crippen LogP contribution in [0.15, 0.2) is 133 Å². The van der Waals surface area contributed by atoms with Crippen molar-refractivity contribution in [2.75, 3.05) is 6.61 Å². The smallest absolute Gasteiger partial charge is 0.138 e. The first-order valence-electron chi connectivity index (χ1n) is 15.0. The summed E-state index contributed by atoms with van der Waals surface area (Å²) >= 11 is 1.55. The fourth-order valence-corrected chi connectivity index (χ4v) is 6.07. The lowest BCUT2D eigenvalue weighted by Gasteiger charge is -2.45. The SMILES string of the molecule is c1ccc(COC[C@H]2O[C@@H](c3nccs3)[C@H](OCc3ccccc3)[C@@H](OCc3ccccc3)[C@H]2OCc2ccccc2)cc1. The Bertz CT molecular complexity index is 1490. The molecule has 5 aromatic rings. The van der Waals surface area contributed by atoms with Gasteiger partial charge in [0, 0.05) is 11.6 Å². The molecule has 1 aliphatic heterocycles. The van der Waals surface area contributed by atoms with E-state index in [1.54, 1.807) is 17.5 Å². The lowest BCUT2D eigenvalue weighted by Crippen LogP contribution is -2.58. The van der Waals surface area contributed by atoms with Crippen molar-refractivity contribution in [1.82, 2.24) is 4.98 Å². The number of hydrogen-bond acceptors (Lipinski definition) is 7. The van der Waals surface area contributed by atoms with Gasteiger partial charge in [0.05, 0.1) is 33.0 Å². The van der Waals surface area contributed by atoms with Gasteiger partial charge < -0.3 is 23.7 Å². The molecule has 6 rings (SSSR count). The molecule has 6 nitrogen and oxygen atoms in total. The Morgan fingerprint density at radius 2 is 1.00 bits per heavy atom. The number of aromatic nitrogens is 1. The molecule has 1 aliphatic rings. The number of hydrogen-bond donors (Lipinski definition) is 0. The van der Waals surface area contributed by atoms with Crippen LogP contribution in [0.1, 0.15) is 33.4 Å². The lowest BCUT2D eigenvalue weighted by atomic mass is 9.94. The Balaban J connectivity index is 1.31. The second-order valence-corrected chi connectivity index (χ2v) is 11.7. The predicted molar refractivity (Wildman–Crippen MR) is 171 cm³/mol. The second kappa shape index (κ2) is 15.9. The van der Waals surface area contributed by atoms with E-state index in [0.29, 0.717) is 33.0 Å². The molecule has 0 aliphatic carbocycles. The fraction of sp³-hybridized carbons (Fsp3) is 0.270. The number of thiazole rings is 1. The summed E-state index contributed by atoms with van der Waals surface area (Å²) in [5, 5.41) is 2.80. The van der Waals surface area contributed by atoms with Gasteiger partial charge in [-0.05, 0) is 22.3 Å². The van der Waals surface area contributed by atoms with Crippen molar-refractivity contribution in [1.29, 1.82) is 0 Å². The maximum atomic E-state index is 6.85. The van der Waals surface area contributed by atoms with E-state index in [4.69, 9.17) is 23.7 Å². The van der Waals surface area contributed by atoms with E-state index in [1.165, 1.54) is 0 Å². The summed E-state index contributed by atoms with van der Waals surface area (Å²) in [5.74, 6) is 0. The zero-order valence-electron chi connectivity index (χ0n) is 24.5. The van der Waals surface area contributed by atoms with Crippen molar-refractivity contribution in [2.24, 2.45) is 0 Å². The largest absolute Gasteiger partial charge is 0.374 e. The summed E-state index contributed by atoms with van der Waals surface area (Å²) in [5.41, 5.74) is 4.32. The van der Waals surface area contributed by atoms with Crippen molar-refractivity contribution < 1.29 is 23.7 Å². The Morgan fingerprint density at radius 3 is 1.48 bits per heavy atom. The Labute approximate surface area is 263 Å². The van der Waals surface area contributed by atoms with Gasteiger partial charge in [-0.3, -0.25) is 0 Å². The number of ether oxygens (including phenoxy) is 5. The monoisotopic (exact) mass is 607 g/mol. The van der Waals surface area contributed by atoms with Crippen LogP contribution in [-0.4, -0.2) is 36.0 Å². The van der Waals surface area contributed by atoms with E-state index in [-0.39, 0.29) is 0 Å². The summed E-state index contributed by atoms with van der Waals surface area (Å²) in [6.07, 6.45) is -0.482. The minimum Gasteiger partial charge on any atom is -0.374 e. The molecule has 1 fully saturated rings. The van der Waals surface area contributed by atoms with Crippen molar-refractivity contribution in [3.05, 3.63) is 160 Å². The molecule has 0 bridgehead atoms. The summed E-state index contributed by atoms with van der Waals surface area (Å²) in [6, 6.07) is 40.7. The van der Waals surface area contributed by atoms with Crippen LogP contribution in [0.25, 0.3) is 0 Å². The van der Waals surface area contributed by atoms with Crippen LogP contribution in [0.4, 0.5) is 0 Å². The minimum absolute atomic E-state index is 0.326. The van der Waals surface area contributed by atoms with Gasteiger partial charge >= 0.3 is 0 Å². The molecular weight excluding hydrogens is 570 g/mol. The van der Waals surface area contributed by atoms with Crippen molar-refractivity contribution >= 4 is 11.3 Å². The van der Waals surface area contributed by atoms with Crippen molar-refractivity contribution in [3.8, 4) is 0 Å². The molecule has 0 spiro atoms. The van der Waals surface area contributed by atoms with Gasteiger partial charge in [0.15, 0.2) is 0 Å². The molecule has 4 aromatic carbocycles. The van der Waals surface area contributed by atoms with Gasteiger partial charge in [0.1, 0.15) is 35.5 Å². The molecule has 226 valence electrons. The third kappa shape index (κ3) is 8.27. The van der Waals surface area contributed by atoms with E-state index in [9.17, 15) is 0 Å². The van der Waals surface area contributed by atoms with Gasteiger partial charge in [-0.15, -0.1) is 11.3 Å². The van der Waals surface area contributed by atoms with Crippen molar-refractivity contribution in [2.45, 2.75) is 56.9 Å². The Kier molecular flexibility index (Phi) is 10.9. The van der Waals surface area contributed by atoms with E-state index in [2.05, 4.69) is 53.5 Å². The minimum atomic E-state index is -0.476. The average Bonchev–Trinajstić information content (AvgIpc) is 3.63. The molecular formula is C37H37NO5S. The van der Waals surface area contributed by atoms with Gasteiger partial charge in [0.2, 0.25) is 0 Å². The summed E-state index contributed by atoms with van der Waals surface area (Å²) in [7, 11) is 0. The van der Waals surface area contributed by atoms with Gasteiger partial charge in [0.25, 0.3) is 0 Å². The van der Waals surface area contributed by atoms with Gasteiger partial charge in [-0.1, -0.05) is 121 Å². The van der Waals surface area contributed by atoms with Crippen LogP contribution in [0.5, 0.6) is 0 Å². The molecule has 0 N–H and O–H groups in total. The van der Waals surface area contributed by atoms with E-state index in [1.807, 2.05) is 78.2 Å². The van der Waals surface area contributed by atoms with Crippen LogP contribution in [0.2, 0.25) is 0 Å². The summed E-state index contributed by atoms with van der Waals surface area (Å²) in [6.45, 7) is 2.01. The molecule has 1 aromatic heterocycles. The molecule has 0 unspecified atom stereocenters. The number of benzene rings is 4. The first-order chi connectivity index (χ1) is 21.8. The van der Waals surface area contributed by atoms with Crippen LogP contribution in [0.3, 0.4) is 0 Å². The molecule has 5 atom stereocenters. The molecule has 1 saturated heterocycles.